The summed E-state index contributed by atoms with van der Waals surface area (Å²) in [4.78, 5) is 15.9. The van der Waals surface area contributed by atoms with Gasteiger partial charge in [-0.05, 0) is 0 Å². The molecule has 0 saturated carbocycles. The Labute approximate surface area is 92.4 Å². The minimum Gasteiger partial charge on any atom is -1.00 e. The van der Waals surface area contributed by atoms with Crippen molar-refractivity contribution in [2.75, 3.05) is 5.73 Å². The second-order valence-corrected chi connectivity index (χ2v) is 3.34. The molecule has 2 aromatic rings. The van der Waals surface area contributed by atoms with Crippen LogP contribution in [0.2, 0.25) is 0 Å². The highest BCUT2D eigenvalue weighted by Gasteiger charge is 2.18. The van der Waals surface area contributed by atoms with E-state index in [4.69, 9.17) is 5.73 Å². The summed E-state index contributed by atoms with van der Waals surface area (Å²) in [7, 11) is 5.24. The molecule has 0 spiro atoms. The SMILES string of the molecule is Cn1c(N)nc2c(c1=O)n(C)c[n+]2C.[Cl-]. The first-order valence-corrected chi connectivity index (χ1v) is 4.19. The van der Waals surface area contributed by atoms with Crippen molar-refractivity contribution < 1.29 is 17.0 Å². The largest absolute Gasteiger partial charge is 1.00 e. The van der Waals surface area contributed by atoms with Crippen molar-refractivity contribution in [1.82, 2.24) is 14.1 Å². The Morgan fingerprint density at radius 3 is 2.67 bits per heavy atom. The zero-order valence-electron chi connectivity index (χ0n) is 8.73. The molecular weight excluding hydrogens is 218 g/mol. The molecule has 0 aliphatic carbocycles. The molecule has 15 heavy (non-hydrogen) atoms. The predicted molar refractivity (Wildman–Crippen MR) is 51.5 cm³/mol. The van der Waals surface area contributed by atoms with Crippen molar-refractivity contribution in [3.05, 3.63) is 16.7 Å². The highest BCUT2D eigenvalue weighted by atomic mass is 35.5. The number of fused-ring (bicyclic) bond motifs is 1. The smallest absolute Gasteiger partial charge is 0.311 e. The number of anilines is 1. The molecule has 0 bridgehead atoms. The molecule has 0 radical (unpaired) electrons. The fourth-order valence-electron chi connectivity index (χ4n) is 1.52. The fraction of sp³-hybridized carbons (Fsp3) is 0.375. The van der Waals surface area contributed by atoms with Crippen LogP contribution in [0.4, 0.5) is 5.95 Å². The van der Waals surface area contributed by atoms with Crippen LogP contribution < -0.4 is 28.3 Å². The van der Waals surface area contributed by atoms with Gasteiger partial charge in [-0.15, -0.1) is 0 Å². The van der Waals surface area contributed by atoms with Crippen LogP contribution in [0.5, 0.6) is 0 Å². The Hall–Kier alpha value is -1.56. The van der Waals surface area contributed by atoms with Crippen molar-refractivity contribution in [2.45, 2.75) is 0 Å². The van der Waals surface area contributed by atoms with Gasteiger partial charge >= 0.3 is 11.2 Å². The van der Waals surface area contributed by atoms with Crippen LogP contribution in [-0.4, -0.2) is 14.1 Å². The molecule has 0 unspecified atom stereocenters. The zero-order valence-corrected chi connectivity index (χ0v) is 9.49. The number of nitrogen functional groups attached to an aromatic ring is 1. The van der Waals surface area contributed by atoms with Gasteiger partial charge in [0.25, 0.3) is 5.95 Å². The molecule has 2 rings (SSSR count). The summed E-state index contributed by atoms with van der Waals surface area (Å²) < 4.78 is 4.85. The van der Waals surface area contributed by atoms with Gasteiger partial charge in [0.05, 0.1) is 14.1 Å². The van der Waals surface area contributed by atoms with Crippen LogP contribution in [0.3, 0.4) is 0 Å². The third-order valence-corrected chi connectivity index (χ3v) is 2.32. The molecule has 0 aliphatic heterocycles. The van der Waals surface area contributed by atoms with Gasteiger partial charge in [-0.2, -0.15) is 0 Å². The van der Waals surface area contributed by atoms with E-state index in [1.165, 1.54) is 4.57 Å². The van der Waals surface area contributed by atoms with Crippen LogP contribution in [0.15, 0.2) is 11.1 Å². The number of aryl methyl sites for hydroxylation is 2. The fourth-order valence-corrected chi connectivity index (χ4v) is 1.52. The Morgan fingerprint density at radius 1 is 1.47 bits per heavy atom. The molecule has 2 N–H and O–H groups in total. The van der Waals surface area contributed by atoms with Crippen molar-refractivity contribution in [3.8, 4) is 0 Å². The molecule has 0 amide bonds. The third kappa shape index (κ3) is 1.46. The molecular formula is C8H12ClN5O. The Balaban J connectivity index is 0.00000112. The van der Waals surface area contributed by atoms with Crippen LogP contribution in [-0.2, 0) is 21.1 Å². The Kier molecular flexibility index (Phi) is 2.72. The number of aromatic nitrogens is 4. The van der Waals surface area contributed by atoms with Gasteiger partial charge in [0.1, 0.15) is 0 Å². The second-order valence-electron chi connectivity index (χ2n) is 3.34. The lowest BCUT2D eigenvalue weighted by atomic mass is 10.5. The van der Waals surface area contributed by atoms with Gasteiger partial charge < -0.3 is 18.1 Å². The van der Waals surface area contributed by atoms with E-state index in [2.05, 4.69) is 4.98 Å². The number of imidazole rings is 1. The predicted octanol–water partition coefficient (Wildman–Crippen LogP) is -4.32. The van der Waals surface area contributed by atoms with Crippen molar-refractivity contribution in [1.29, 1.82) is 0 Å². The molecule has 82 valence electrons. The van der Waals surface area contributed by atoms with Gasteiger partial charge in [-0.3, -0.25) is 13.9 Å². The van der Waals surface area contributed by atoms with Gasteiger partial charge in [0, 0.05) is 7.05 Å². The average Bonchev–Trinajstić information content (AvgIpc) is 2.38. The van der Waals surface area contributed by atoms with Crippen LogP contribution in [0, 0.1) is 0 Å². The molecule has 0 aromatic carbocycles. The minimum atomic E-state index is -0.129. The number of nitrogens with zero attached hydrogens (tertiary/aromatic N) is 4. The molecule has 2 aromatic heterocycles. The standard InChI is InChI=1S/C8H11N5O.ClH/c1-11-4-12(2)6-5(11)7(14)13(3)8(9)10-6;/h4H,1-3H3,(H-,9,10,14);1H. The van der Waals surface area contributed by atoms with Crippen LogP contribution >= 0.6 is 0 Å². The van der Waals surface area contributed by atoms with Gasteiger partial charge in [0.2, 0.25) is 5.52 Å². The molecule has 0 fully saturated rings. The summed E-state index contributed by atoms with van der Waals surface area (Å²) in [6, 6.07) is 0. The summed E-state index contributed by atoms with van der Waals surface area (Å²) in [6.45, 7) is 0. The van der Waals surface area contributed by atoms with Crippen LogP contribution in [0.25, 0.3) is 11.2 Å². The van der Waals surface area contributed by atoms with E-state index in [0.29, 0.717) is 11.2 Å². The summed E-state index contributed by atoms with van der Waals surface area (Å²) in [5.74, 6) is 0.226. The summed E-state index contributed by atoms with van der Waals surface area (Å²) >= 11 is 0. The van der Waals surface area contributed by atoms with Gasteiger partial charge in [-0.1, -0.05) is 4.98 Å². The van der Waals surface area contributed by atoms with E-state index in [1.807, 2.05) is 14.1 Å². The molecule has 0 aliphatic rings. The summed E-state index contributed by atoms with van der Waals surface area (Å²) in [5.41, 5.74) is 6.63. The lowest BCUT2D eigenvalue weighted by molar-refractivity contribution is -0.647. The van der Waals surface area contributed by atoms with Crippen LogP contribution in [0.1, 0.15) is 0 Å². The Morgan fingerprint density at radius 2 is 2.07 bits per heavy atom. The molecule has 7 heteroatoms. The zero-order chi connectivity index (χ0) is 10.5. The van der Waals surface area contributed by atoms with E-state index in [-0.39, 0.29) is 23.9 Å². The van der Waals surface area contributed by atoms with E-state index in [9.17, 15) is 4.79 Å². The minimum absolute atomic E-state index is 0. The molecule has 6 nitrogen and oxygen atoms in total. The topological polar surface area (TPSA) is 69.7 Å². The molecule has 0 atom stereocenters. The third-order valence-electron chi connectivity index (χ3n) is 2.32. The van der Waals surface area contributed by atoms with E-state index < -0.39 is 0 Å². The monoisotopic (exact) mass is 229 g/mol. The van der Waals surface area contributed by atoms with E-state index in [1.54, 1.807) is 22.5 Å². The number of hydrogen-bond donors (Lipinski definition) is 1. The summed E-state index contributed by atoms with van der Waals surface area (Å²) in [5, 5.41) is 0. The maximum absolute atomic E-state index is 11.8. The summed E-state index contributed by atoms with van der Waals surface area (Å²) in [6.07, 6.45) is 1.79. The Bertz CT molecular complexity index is 570. The normalized spacial score (nSPS) is 10.3. The first kappa shape index (κ1) is 11.5. The van der Waals surface area contributed by atoms with E-state index >= 15 is 0 Å². The number of nitrogens with two attached hydrogens (primary N) is 1. The van der Waals surface area contributed by atoms with Crippen molar-refractivity contribution in [3.63, 3.8) is 0 Å². The van der Waals surface area contributed by atoms with E-state index in [0.717, 1.165) is 0 Å². The van der Waals surface area contributed by atoms with Gasteiger partial charge in [0.15, 0.2) is 6.33 Å². The number of rotatable bonds is 0. The number of halogens is 1. The molecule has 0 saturated heterocycles. The number of hydrogen-bond acceptors (Lipinski definition) is 3. The van der Waals surface area contributed by atoms with Gasteiger partial charge in [-0.25, -0.2) is 4.57 Å². The highest BCUT2D eigenvalue weighted by Crippen LogP contribution is 2.02. The highest BCUT2D eigenvalue weighted by molar-refractivity contribution is 5.67. The maximum Gasteiger partial charge on any atom is 0.311 e. The first-order valence-electron chi connectivity index (χ1n) is 4.19. The lowest BCUT2D eigenvalue weighted by Crippen LogP contribution is -3.00. The lowest BCUT2D eigenvalue weighted by Gasteiger charge is -1.96. The first-order chi connectivity index (χ1) is 6.52. The maximum atomic E-state index is 11.8. The second kappa shape index (κ2) is 3.54. The average molecular weight is 230 g/mol. The quantitative estimate of drug-likeness (QED) is 0.465. The van der Waals surface area contributed by atoms with Crippen molar-refractivity contribution >= 4 is 17.1 Å². The molecule has 2 heterocycles. The van der Waals surface area contributed by atoms with Crippen molar-refractivity contribution in [2.24, 2.45) is 21.1 Å².